The SMILES string of the molecule is CC1C2(COP(=O)(OCOC(=O)C(C)(C)C)OCOC(=O)C(C)(C)C)OC(n3cnc4c(=O)[nH]c(N)nc43)C(F)C12O. The number of alkyl halides is 1. The lowest BCUT2D eigenvalue weighted by molar-refractivity contribution is -0.164. The molecule has 0 radical (unpaired) electrons. The Kier molecular flexibility index (Phi) is 8.10. The molecular weight excluding hydrogens is 584 g/mol. The molecule has 1 aliphatic heterocycles. The lowest BCUT2D eigenvalue weighted by Gasteiger charge is -2.24. The normalized spacial score (nSPS) is 27.6. The van der Waals surface area contributed by atoms with Crippen molar-refractivity contribution in [3.8, 4) is 0 Å². The van der Waals surface area contributed by atoms with Crippen LogP contribution in [0, 0.1) is 16.7 Å². The number of nitrogens with zero attached hydrogens (tertiary/aromatic N) is 3. The minimum atomic E-state index is -4.67. The Labute approximate surface area is 239 Å². The van der Waals surface area contributed by atoms with E-state index in [0.717, 1.165) is 10.9 Å². The highest BCUT2D eigenvalue weighted by Crippen LogP contribution is 2.69. The van der Waals surface area contributed by atoms with Crippen LogP contribution in [0.1, 0.15) is 54.7 Å². The van der Waals surface area contributed by atoms with Crippen molar-refractivity contribution in [1.29, 1.82) is 0 Å². The third-order valence-electron chi connectivity index (χ3n) is 7.14. The molecule has 2 aromatic heterocycles. The van der Waals surface area contributed by atoms with E-state index in [-0.39, 0.29) is 17.1 Å². The fraction of sp³-hybridized carbons (Fsp3) is 0.708. The molecule has 0 aromatic carbocycles. The second-order valence-electron chi connectivity index (χ2n) is 12.2. The molecule has 0 bridgehead atoms. The van der Waals surface area contributed by atoms with Gasteiger partial charge in [-0.25, -0.2) is 23.0 Å². The molecule has 16 nitrogen and oxygen atoms in total. The van der Waals surface area contributed by atoms with E-state index >= 15 is 4.39 Å². The van der Waals surface area contributed by atoms with E-state index in [0.29, 0.717) is 0 Å². The van der Waals surface area contributed by atoms with Gasteiger partial charge in [-0.05, 0) is 41.5 Å². The summed E-state index contributed by atoms with van der Waals surface area (Å²) >= 11 is 0. The summed E-state index contributed by atoms with van der Waals surface area (Å²) in [4.78, 5) is 46.6. The van der Waals surface area contributed by atoms with Crippen molar-refractivity contribution in [2.45, 2.75) is 72.1 Å². The number of anilines is 1. The number of carbonyl (C=O) groups excluding carboxylic acids is 2. The molecule has 42 heavy (non-hydrogen) atoms. The Morgan fingerprint density at radius 1 is 1.14 bits per heavy atom. The van der Waals surface area contributed by atoms with Gasteiger partial charge in [0.05, 0.1) is 23.8 Å². The summed E-state index contributed by atoms with van der Waals surface area (Å²) in [5.74, 6) is -2.47. The zero-order valence-corrected chi connectivity index (χ0v) is 25.1. The van der Waals surface area contributed by atoms with Crippen LogP contribution in [0.3, 0.4) is 0 Å². The largest absolute Gasteiger partial charge is 0.480 e. The van der Waals surface area contributed by atoms with Crippen LogP contribution in [-0.2, 0) is 41.9 Å². The predicted molar refractivity (Wildman–Crippen MR) is 141 cm³/mol. The second kappa shape index (κ2) is 10.6. The maximum atomic E-state index is 15.8. The minimum Gasteiger partial charge on any atom is -0.437 e. The molecule has 2 fully saturated rings. The third-order valence-corrected chi connectivity index (χ3v) is 8.43. The number of nitrogen functional groups attached to an aromatic ring is 1. The van der Waals surface area contributed by atoms with Crippen LogP contribution in [-0.4, -0.2) is 74.1 Å². The van der Waals surface area contributed by atoms with Crippen LogP contribution in [0.4, 0.5) is 10.3 Å². The summed E-state index contributed by atoms with van der Waals surface area (Å²) in [5, 5.41) is 11.2. The van der Waals surface area contributed by atoms with Crippen LogP contribution >= 0.6 is 7.82 Å². The number of fused-ring (bicyclic) bond motifs is 2. The average molecular weight is 620 g/mol. The first-order valence-corrected chi connectivity index (χ1v) is 14.4. The molecule has 18 heteroatoms. The summed E-state index contributed by atoms with van der Waals surface area (Å²) in [5.41, 5.74) is -0.937. The quantitative estimate of drug-likeness (QED) is 0.197. The predicted octanol–water partition coefficient (Wildman–Crippen LogP) is 1.94. The molecule has 1 saturated carbocycles. The Bertz CT molecular complexity index is 1450. The summed E-state index contributed by atoms with van der Waals surface area (Å²) in [6, 6.07) is 0. The highest BCUT2D eigenvalue weighted by atomic mass is 31.2. The van der Waals surface area contributed by atoms with E-state index in [2.05, 4.69) is 15.0 Å². The van der Waals surface area contributed by atoms with E-state index in [1.54, 1.807) is 41.5 Å². The van der Waals surface area contributed by atoms with Crippen molar-refractivity contribution < 1.29 is 51.4 Å². The van der Waals surface area contributed by atoms with Crippen molar-refractivity contribution >= 4 is 36.9 Å². The maximum Gasteiger partial charge on any atom is 0.480 e. The van der Waals surface area contributed by atoms with Crippen molar-refractivity contribution in [3.05, 3.63) is 16.7 Å². The van der Waals surface area contributed by atoms with Crippen molar-refractivity contribution in [2.24, 2.45) is 16.7 Å². The minimum absolute atomic E-state index is 0.0869. The number of phosphoric acid groups is 1. The van der Waals surface area contributed by atoms with Crippen LogP contribution in [0.5, 0.6) is 0 Å². The zero-order chi connectivity index (χ0) is 31.5. The fourth-order valence-corrected chi connectivity index (χ4v) is 5.42. The number of hydrogen-bond acceptors (Lipinski definition) is 14. The third kappa shape index (κ3) is 5.56. The first-order valence-electron chi connectivity index (χ1n) is 12.9. The van der Waals surface area contributed by atoms with Gasteiger partial charge in [0.25, 0.3) is 5.56 Å². The van der Waals surface area contributed by atoms with E-state index in [4.69, 9.17) is 33.5 Å². The van der Waals surface area contributed by atoms with E-state index in [1.165, 1.54) is 6.92 Å². The molecule has 1 aliphatic carbocycles. The van der Waals surface area contributed by atoms with Gasteiger partial charge in [0.2, 0.25) is 19.5 Å². The number of imidazole rings is 1. The molecule has 0 amide bonds. The van der Waals surface area contributed by atoms with Crippen LogP contribution < -0.4 is 11.3 Å². The van der Waals surface area contributed by atoms with Crippen LogP contribution in [0.2, 0.25) is 0 Å². The Morgan fingerprint density at radius 3 is 2.21 bits per heavy atom. The van der Waals surface area contributed by atoms with E-state index < -0.39 is 85.9 Å². The van der Waals surface area contributed by atoms with Gasteiger partial charge < -0.3 is 25.1 Å². The van der Waals surface area contributed by atoms with Gasteiger partial charge in [-0.2, -0.15) is 4.98 Å². The molecule has 4 rings (SSSR count). The molecule has 3 heterocycles. The topological polar surface area (TPSA) is 216 Å². The van der Waals surface area contributed by atoms with E-state index in [9.17, 15) is 24.1 Å². The molecule has 4 N–H and O–H groups in total. The Balaban J connectivity index is 1.52. The summed E-state index contributed by atoms with van der Waals surface area (Å²) in [6.45, 7) is 8.60. The highest BCUT2D eigenvalue weighted by Gasteiger charge is 2.86. The van der Waals surface area contributed by atoms with Gasteiger partial charge in [0.1, 0.15) is 11.2 Å². The number of halogens is 1. The number of H-pyrrole nitrogens is 1. The zero-order valence-electron chi connectivity index (χ0n) is 24.2. The molecule has 1 saturated heterocycles. The van der Waals surface area contributed by atoms with Gasteiger partial charge >= 0.3 is 19.8 Å². The molecule has 5 atom stereocenters. The van der Waals surface area contributed by atoms with Gasteiger partial charge in [-0.15, -0.1) is 0 Å². The molecular formula is C24H35FN5O11P. The summed E-state index contributed by atoms with van der Waals surface area (Å²) < 4.78 is 61.9. The Morgan fingerprint density at radius 2 is 1.69 bits per heavy atom. The van der Waals surface area contributed by atoms with Gasteiger partial charge in [0.15, 0.2) is 23.6 Å². The summed E-state index contributed by atoms with van der Waals surface area (Å²) in [7, 11) is -4.67. The standard InChI is InChI=1S/C24H35FN5O11P/c1-12-23(24(12,34)14(25)17(41-23)30-9-27-13-15(30)28-20(26)29-16(13)31)8-38-42(35,39-10-36-18(32)21(2,3)4)40-11-37-19(33)22(5,6)7/h9,12,14,17,34H,8,10-11H2,1-7H3,(H3,26,28,29,31). The van der Waals surface area contributed by atoms with Crippen LogP contribution in [0.15, 0.2) is 11.1 Å². The average Bonchev–Trinajstić information content (AvgIpc) is 3.14. The van der Waals surface area contributed by atoms with Gasteiger partial charge in [0, 0.05) is 5.92 Å². The lowest BCUT2D eigenvalue weighted by Crippen LogP contribution is -2.32. The molecule has 2 aliphatic rings. The number of ether oxygens (including phenoxy) is 3. The maximum absolute atomic E-state index is 15.8. The highest BCUT2D eigenvalue weighted by molar-refractivity contribution is 7.48. The molecule has 0 spiro atoms. The molecule has 5 unspecified atom stereocenters. The molecule has 2 aromatic rings. The second-order valence-corrected chi connectivity index (χ2v) is 13.9. The number of aromatic amines is 1. The molecule has 234 valence electrons. The lowest BCUT2D eigenvalue weighted by atomic mass is 9.98. The van der Waals surface area contributed by atoms with Crippen molar-refractivity contribution in [3.63, 3.8) is 0 Å². The number of phosphoric ester groups is 1. The Hall–Kier alpha value is -2.95. The van der Waals surface area contributed by atoms with Crippen molar-refractivity contribution in [2.75, 3.05) is 25.9 Å². The number of rotatable bonds is 10. The van der Waals surface area contributed by atoms with Gasteiger partial charge in [-0.3, -0.25) is 28.5 Å². The monoisotopic (exact) mass is 619 g/mol. The first-order chi connectivity index (χ1) is 19.3. The number of carbonyl (C=O) groups is 2. The smallest absolute Gasteiger partial charge is 0.437 e. The number of aromatic nitrogens is 4. The number of esters is 2. The number of aliphatic hydroxyl groups is 1. The van der Waals surface area contributed by atoms with Crippen LogP contribution in [0.25, 0.3) is 11.2 Å². The van der Waals surface area contributed by atoms with Gasteiger partial charge in [-0.1, -0.05) is 6.92 Å². The fourth-order valence-electron chi connectivity index (χ4n) is 4.48. The van der Waals surface area contributed by atoms with Crippen molar-refractivity contribution in [1.82, 2.24) is 19.5 Å². The first kappa shape index (κ1) is 32.0. The van der Waals surface area contributed by atoms with E-state index in [1.807, 2.05) is 0 Å². The number of hydrogen-bond donors (Lipinski definition) is 3. The number of nitrogens with two attached hydrogens (primary N) is 1. The number of nitrogens with one attached hydrogen (secondary N) is 1. The summed E-state index contributed by atoms with van der Waals surface area (Å²) in [6.07, 6.45) is -2.48.